The number of carbonyl (C=O) groups is 7. The van der Waals surface area contributed by atoms with Crippen molar-refractivity contribution in [1.29, 1.82) is 0 Å². The molecule has 614 valence electrons. The van der Waals surface area contributed by atoms with Gasteiger partial charge in [-0.25, -0.2) is 4.79 Å². The minimum absolute atomic E-state index is 0.0347. The maximum Gasteiger partial charge on any atom is 0.328 e. The number of aliphatic hydroxyl groups excluding tert-OH is 1. The molecule has 0 bridgehead atoms. The lowest BCUT2D eigenvalue weighted by atomic mass is 9.81. The molecule has 4 unspecified atom stereocenters. The average molecular weight is 1590 g/mol. The van der Waals surface area contributed by atoms with E-state index in [4.69, 9.17) is 45.9 Å². The molecule has 26 heteroatoms. The van der Waals surface area contributed by atoms with E-state index in [2.05, 4.69) is 54.0 Å². The zero-order valence-electron chi connectivity index (χ0n) is 66.7. The number of halogens is 1. The van der Waals surface area contributed by atoms with Gasteiger partial charge < -0.3 is 70.5 Å². The topological polar surface area (TPSA) is 360 Å². The Balaban J connectivity index is 0.000000143. The van der Waals surface area contributed by atoms with Gasteiger partial charge in [-0.15, -0.1) is 0 Å². The van der Waals surface area contributed by atoms with Crippen molar-refractivity contribution in [1.82, 2.24) is 51.7 Å². The fourth-order valence-electron chi connectivity index (χ4n) is 16.1. The summed E-state index contributed by atoms with van der Waals surface area (Å²) >= 11 is 6.19. The van der Waals surface area contributed by atoms with Crippen molar-refractivity contribution >= 4 is 53.0 Å². The molecule has 6 atom stereocenters. The highest BCUT2D eigenvalue weighted by Crippen LogP contribution is 2.43. The first-order valence-corrected chi connectivity index (χ1v) is 42.0. The van der Waals surface area contributed by atoms with E-state index in [0.717, 1.165) is 97.3 Å². The Morgan fingerprint density at radius 2 is 0.878 bits per heavy atom. The summed E-state index contributed by atoms with van der Waals surface area (Å²) in [5.74, 6) is 3.33. The van der Waals surface area contributed by atoms with Crippen LogP contribution < -0.4 is 32.7 Å². The van der Waals surface area contributed by atoms with Gasteiger partial charge >= 0.3 is 5.97 Å². The summed E-state index contributed by atoms with van der Waals surface area (Å²) in [6.45, 7) is 9.86. The number of rotatable bonds is 27. The van der Waals surface area contributed by atoms with Gasteiger partial charge in [0.05, 0.1) is 43.4 Å². The number of nitrogens with two attached hydrogens (primary N) is 2. The molecule has 9 N–H and O–H groups in total. The Morgan fingerprint density at radius 1 is 0.470 bits per heavy atom. The van der Waals surface area contributed by atoms with Gasteiger partial charge in [-0.1, -0.05) is 180 Å². The second-order valence-electron chi connectivity index (χ2n) is 32.2. The van der Waals surface area contributed by atoms with Crippen LogP contribution >= 0.6 is 11.6 Å². The highest BCUT2D eigenvalue weighted by molar-refractivity contribution is 6.30. The van der Waals surface area contributed by atoms with Gasteiger partial charge in [0.2, 0.25) is 11.8 Å². The molecule has 0 spiro atoms. The number of nitrogens with zero attached hydrogens (tertiary/aromatic N) is 6. The second kappa shape index (κ2) is 41.1. The van der Waals surface area contributed by atoms with E-state index in [-0.39, 0.29) is 84.1 Å². The van der Waals surface area contributed by atoms with Gasteiger partial charge in [0.25, 0.3) is 23.6 Å². The summed E-state index contributed by atoms with van der Waals surface area (Å²) in [5.41, 5.74) is 20.2. The fraction of sp³-hybridized carbons (Fsp3) is 0.517. The average Bonchev–Trinajstić information content (AvgIpc) is 1.53. The molecule has 2 saturated heterocycles. The van der Waals surface area contributed by atoms with Gasteiger partial charge in [0, 0.05) is 79.6 Å². The molecule has 7 fully saturated rings. The summed E-state index contributed by atoms with van der Waals surface area (Å²) in [6, 6.07) is 38.6. The van der Waals surface area contributed by atoms with E-state index in [1.807, 2.05) is 112 Å². The van der Waals surface area contributed by atoms with E-state index in [1.165, 1.54) is 62.5 Å². The third-order valence-corrected chi connectivity index (χ3v) is 23.6. The van der Waals surface area contributed by atoms with Crippen LogP contribution in [0.2, 0.25) is 5.02 Å². The van der Waals surface area contributed by atoms with Crippen molar-refractivity contribution < 1.29 is 61.5 Å². The van der Waals surface area contributed by atoms with E-state index in [0.29, 0.717) is 116 Å². The minimum atomic E-state index is -0.818. The Bertz CT molecular complexity index is 4470. The highest BCUT2D eigenvalue weighted by Gasteiger charge is 2.39. The van der Waals surface area contributed by atoms with Crippen LogP contribution in [0.1, 0.15) is 270 Å². The Morgan fingerprint density at radius 3 is 1.30 bits per heavy atom. The van der Waals surface area contributed by atoms with Crippen LogP contribution in [0.4, 0.5) is 0 Å². The highest BCUT2D eigenvalue weighted by atomic mass is 35.5. The number of likely N-dealkylation sites (tertiary alicyclic amines) is 2. The molecule has 15 rings (SSSR count). The van der Waals surface area contributed by atoms with Crippen LogP contribution in [-0.2, 0) is 38.4 Å². The molecule has 6 heterocycles. The normalized spacial score (nSPS) is 18.4. The lowest BCUT2D eigenvalue weighted by molar-refractivity contribution is -0.147. The number of ether oxygens (including phenoxy) is 1. The van der Waals surface area contributed by atoms with E-state index in [1.54, 1.807) is 41.0 Å². The summed E-state index contributed by atoms with van der Waals surface area (Å²) in [6.07, 6.45) is 22.8. The number of hydrogen-bond donors (Lipinski definition) is 7. The quantitative estimate of drug-likeness (QED) is 0.0235. The third-order valence-electron chi connectivity index (χ3n) is 23.4. The predicted octanol–water partition coefficient (Wildman–Crippen LogP) is 13.6. The van der Waals surface area contributed by atoms with Crippen LogP contribution in [-0.4, -0.2) is 141 Å². The summed E-state index contributed by atoms with van der Waals surface area (Å²) in [4.78, 5) is 92.6. The summed E-state index contributed by atoms with van der Waals surface area (Å²) in [5, 5.41) is 38.3. The summed E-state index contributed by atoms with van der Waals surface area (Å²) in [7, 11) is 0. The molecule has 4 aromatic heterocycles. The maximum absolute atomic E-state index is 12.9. The lowest BCUT2D eigenvalue weighted by Gasteiger charge is -2.36. The smallest absolute Gasteiger partial charge is 0.328 e. The number of carbonyl (C=O) groups excluding carboxylic acids is 7. The van der Waals surface area contributed by atoms with Crippen molar-refractivity contribution in [2.24, 2.45) is 35.1 Å². The number of aliphatic hydroxyl groups is 1. The molecule has 5 aliphatic carbocycles. The molecular weight excluding hydrogens is 1480 g/mol. The second-order valence-corrected chi connectivity index (χ2v) is 32.7. The number of amides is 6. The number of aryl methyl sites for hydroxylation is 3. The van der Waals surface area contributed by atoms with E-state index in [9.17, 15) is 38.7 Å². The number of nitrogens with one attached hydrogen (secondary N) is 4. The fourth-order valence-corrected chi connectivity index (χ4v) is 16.3. The number of aromatic nitrogens is 4. The van der Waals surface area contributed by atoms with Crippen LogP contribution in [0.25, 0.3) is 0 Å². The van der Waals surface area contributed by atoms with Crippen LogP contribution in [0.3, 0.4) is 0 Å². The summed E-state index contributed by atoms with van der Waals surface area (Å²) < 4.78 is 26.2. The molecule has 5 saturated carbocycles. The van der Waals surface area contributed by atoms with Gasteiger partial charge in [-0.05, 0) is 182 Å². The first-order chi connectivity index (χ1) is 55.8. The molecule has 4 aromatic carbocycles. The number of hydrogen-bond acceptors (Lipinski definition) is 19. The molecule has 7 aliphatic rings. The third kappa shape index (κ3) is 24.2. The van der Waals surface area contributed by atoms with Gasteiger partial charge in [0.15, 0.2) is 22.8 Å². The van der Waals surface area contributed by atoms with Crippen molar-refractivity contribution in [3.63, 3.8) is 0 Å². The first-order valence-electron chi connectivity index (χ1n) is 41.6. The van der Waals surface area contributed by atoms with E-state index >= 15 is 0 Å². The molecular formula is C89H113ClN12O13. The standard InChI is InChI=1S/C26H34N4O5.C24H32N4O4.C20H23ClN2O2.C19H24N2O2/c1-3-34-26(33)23(28-24(31)21-15-22(35-29-21)18-8-9-18)19-10-12-30(13-11-19)25(32)20(27)14-17-6-4-16(2)5-7-17;1-15-2-4-16(5-3-15)12-19(25)24(31)28-10-8-17(9-11-28)21(14-29)26-23(30)20-13-22(32-27-20)18-6-7-18;21-16-8-4-7-15(11-16)19(14-5-2-1-3-6-14)22-20(24)17-12-18(25-23-17)13-9-10-13;1-2-16-13-17(21-23-16)19(22)20-18(14-9-5-3-6-10-14)15-11-7-4-8-12-15/h4-7,15,18-20,23H,3,8-14,27H2,1-2H3,(H,28,31);2-5,13,17-19,21,29H,6-12,14,25H2,1H3,(H,26,30);4,7-8,11-14,19H,1-3,5-6,9-10H2,(H,22,24);3,5-6,9-10,13,15,18H,2,4,7-8,11-12H2,1H3,(H,20,22)/t20-,23?;19-,21?;;/m00../s1. The van der Waals surface area contributed by atoms with Crippen LogP contribution in [0, 0.1) is 37.5 Å². The van der Waals surface area contributed by atoms with Gasteiger partial charge in [-0.2, -0.15) is 0 Å². The molecule has 115 heavy (non-hydrogen) atoms. The first kappa shape index (κ1) is 84.6. The number of piperidine rings is 2. The molecule has 0 radical (unpaired) electrons. The molecule has 8 aromatic rings. The van der Waals surface area contributed by atoms with Crippen molar-refractivity contribution in [3.05, 3.63) is 212 Å². The Kier molecular flexibility index (Phi) is 30.3. The number of esters is 1. The predicted molar refractivity (Wildman–Crippen MR) is 433 cm³/mol. The van der Waals surface area contributed by atoms with E-state index < -0.39 is 30.0 Å². The van der Waals surface area contributed by atoms with Crippen molar-refractivity contribution in [2.45, 2.75) is 229 Å². The monoisotopic (exact) mass is 1590 g/mol. The van der Waals surface area contributed by atoms with Crippen LogP contribution in [0.5, 0.6) is 0 Å². The zero-order valence-corrected chi connectivity index (χ0v) is 67.5. The SMILES string of the molecule is CCOC(=O)C(NC(=O)c1cc(C2CC2)on1)C1CCN(C(=O)[C@@H](N)Cc2ccc(C)cc2)CC1.CCc1cc(C(=O)NC(c2ccccc2)C2CCCCC2)no1.Cc1ccc(C[C@H](N)C(=O)N2CCC(C(CO)NC(=O)c3cc(C4CC4)on3)CC2)cc1.O=C(NC(c1cccc(Cl)c1)C1CCCCC1)c1cc(C2CC2)on1. The molecule has 25 nitrogen and oxygen atoms in total. The van der Waals surface area contributed by atoms with Crippen molar-refractivity contribution in [2.75, 3.05) is 39.4 Å². The van der Waals surface area contributed by atoms with Gasteiger partial charge in [-0.3, -0.25) is 28.8 Å². The van der Waals surface area contributed by atoms with Gasteiger partial charge in [0.1, 0.15) is 29.1 Å². The lowest BCUT2D eigenvalue weighted by Crippen LogP contribution is -2.53. The maximum atomic E-state index is 12.9. The largest absolute Gasteiger partial charge is 0.464 e. The minimum Gasteiger partial charge on any atom is -0.464 e. The zero-order chi connectivity index (χ0) is 80.9. The molecule has 2 aliphatic heterocycles. The van der Waals surface area contributed by atoms with Crippen molar-refractivity contribution in [3.8, 4) is 0 Å². The Hall–Kier alpha value is -9.82. The number of benzene rings is 4. The van der Waals surface area contributed by atoms with Crippen LogP contribution in [0.15, 0.2) is 145 Å². The molecule has 6 amide bonds. The Labute approximate surface area is 678 Å².